The molecule has 1 fully saturated rings. The molecule has 5 heteroatoms. The van der Waals surface area contributed by atoms with Gasteiger partial charge in [0.25, 0.3) is 0 Å². The topological polar surface area (TPSA) is 63.3 Å². The molecule has 0 aromatic heterocycles. The summed E-state index contributed by atoms with van der Waals surface area (Å²) < 4.78 is 5.73. The van der Waals surface area contributed by atoms with Crippen molar-refractivity contribution >= 4 is 5.69 Å². The molecule has 2 aromatic carbocycles. The monoisotopic (exact) mass is 374 g/mol. The summed E-state index contributed by atoms with van der Waals surface area (Å²) in [5, 5.41) is 17.7. The van der Waals surface area contributed by atoms with E-state index >= 15 is 0 Å². The minimum atomic E-state index is 0.659. The molecule has 0 N–H and O–H groups in total. The highest BCUT2D eigenvalue weighted by atomic mass is 16.5. The van der Waals surface area contributed by atoms with Crippen LogP contribution in [0, 0.1) is 22.7 Å². The predicted octanol–water partition coefficient (Wildman–Crippen LogP) is 3.80. The molecule has 0 spiro atoms. The summed E-state index contributed by atoms with van der Waals surface area (Å²) in [4.78, 5) is 4.92. The first-order chi connectivity index (χ1) is 13.8. The van der Waals surface area contributed by atoms with Gasteiger partial charge in [-0.3, -0.25) is 4.90 Å². The Morgan fingerprint density at radius 3 is 1.96 bits per heavy atom. The van der Waals surface area contributed by atoms with Crippen LogP contribution in [0.3, 0.4) is 0 Å². The molecule has 0 bridgehead atoms. The Labute approximate surface area is 167 Å². The smallest absolute Gasteiger partial charge is 0.119 e. The highest BCUT2D eigenvalue weighted by molar-refractivity contribution is 5.50. The molecule has 5 nitrogen and oxygen atoms in total. The van der Waals surface area contributed by atoms with Crippen LogP contribution in [0.25, 0.3) is 0 Å². The Balaban J connectivity index is 1.27. The number of nitrogens with zero attached hydrogens (tertiary/aromatic N) is 4. The summed E-state index contributed by atoms with van der Waals surface area (Å²) in [6, 6.07) is 19.4. The second-order valence-electron chi connectivity index (χ2n) is 7.03. The van der Waals surface area contributed by atoms with Gasteiger partial charge in [0, 0.05) is 31.9 Å². The third-order valence-corrected chi connectivity index (χ3v) is 5.10. The Bertz CT molecular complexity index is 810. The summed E-state index contributed by atoms with van der Waals surface area (Å²) in [6.07, 6.45) is 3.39. The van der Waals surface area contributed by atoms with Gasteiger partial charge in [-0.25, -0.2) is 0 Å². The van der Waals surface area contributed by atoms with Gasteiger partial charge >= 0.3 is 0 Å². The van der Waals surface area contributed by atoms with Crippen LogP contribution in [-0.4, -0.2) is 44.2 Å². The van der Waals surface area contributed by atoms with Crippen molar-refractivity contribution in [3.63, 3.8) is 0 Å². The zero-order valence-corrected chi connectivity index (χ0v) is 16.2. The van der Waals surface area contributed by atoms with E-state index in [4.69, 9.17) is 15.3 Å². The predicted molar refractivity (Wildman–Crippen MR) is 110 cm³/mol. The van der Waals surface area contributed by atoms with Crippen molar-refractivity contribution in [2.45, 2.75) is 19.3 Å². The van der Waals surface area contributed by atoms with Crippen LogP contribution in [-0.2, 0) is 0 Å². The molecule has 0 saturated carbocycles. The Hall–Kier alpha value is -3.02. The fraction of sp³-hybridized carbons (Fsp3) is 0.391. The van der Waals surface area contributed by atoms with Gasteiger partial charge in [-0.15, -0.1) is 0 Å². The van der Waals surface area contributed by atoms with E-state index in [0.29, 0.717) is 11.1 Å². The van der Waals surface area contributed by atoms with Gasteiger partial charge in [-0.1, -0.05) is 0 Å². The quantitative estimate of drug-likeness (QED) is 0.658. The number of hydrogen-bond acceptors (Lipinski definition) is 5. The fourth-order valence-electron chi connectivity index (χ4n) is 3.41. The highest BCUT2D eigenvalue weighted by Crippen LogP contribution is 2.17. The van der Waals surface area contributed by atoms with E-state index < -0.39 is 0 Å². The van der Waals surface area contributed by atoms with Gasteiger partial charge in [0.05, 0.1) is 29.9 Å². The number of nitriles is 2. The molecule has 1 heterocycles. The molecule has 0 aliphatic carbocycles. The normalized spacial score (nSPS) is 14.3. The van der Waals surface area contributed by atoms with E-state index in [1.165, 1.54) is 12.1 Å². The third kappa shape index (κ3) is 5.74. The van der Waals surface area contributed by atoms with Crippen LogP contribution in [0.15, 0.2) is 48.5 Å². The lowest BCUT2D eigenvalue weighted by atomic mass is 10.2. The van der Waals surface area contributed by atoms with Crippen molar-refractivity contribution in [2.24, 2.45) is 0 Å². The Morgan fingerprint density at radius 2 is 1.36 bits per heavy atom. The summed E-state index contributed by atoms with van der Waals surface area (Å²) in [7, 11) is 0. The second-order valence-corrected chi connectivity index (χ2v) is 7.03. The van der Waals surface area contributed by atoms with Crippen molar-refractivity contribution in [3.8, 4) is 17.9 Å². The molecule has 2 aromatic rings. The van der Waals surface area contributed by atoms with Crippen LogP contribution in [0.4, 0.5) is 5.69 Å². The van der Waals surface area contributed by atoms with Crippen LogP contribution < -0.4 is 9.64 Å². The zero-order chi connectivity index (χ0) is 19.6. The molecular weight excluding hydrogens is 348 g/mol. The molecule has 0 radical (unpaired) electrons. The lowest BCUT2D eigenvalue weighted by Crippen LogP contribution is -2.46. The number of ether oxygens (including phenoxy) is 1. The first-order valence-electron chi connectivity index (χ1n) is 9.89. The van der Waals surface area contributed by atoms with E-state index in [1.54, 1.807) is 12.1 Å². The van der Waals surface area contributed by atoms with Crippen molar-refractivity contribution in [3.05, 3.63) is 59.7 Å². The van der Waals surface area contributed by atoms with Crippen molar-refractivity contribution in [2.75, 3.05) is 44.2 Å². The van der Waals surface area contributed by atoms with Gasteiger partial charge < -0.3 is 9.64 Å². The van der Waals surface area contributed by atoms with E-state index in [0.717, 1.165) is 57.9 Å². The first-order valence-corrected chi connectivity index (χ1v) is 9.89. The number of unbranched alkanes of at least 4 members (excludes halogenated alkanes) is 2. The third-order valence-electron chi connectivity index (χ3n) is 5.10. The fourth-order valence-corrected chi connectivity index (χ4v) is 3.41. The lowest BCUT2D eigenvalue weighted by Gasteiger charge is -2.36. The molecule has 1 aliphatic rings. The van der Waals surface area contributed by atoms with E-state index in [1.807, 2.05) is 36.4 Å². The summed E-state index contributed by atoms with van der Waals surface area (Å²) in [5.74, 6) is 0.831. The van der Waals surface area contributed by atoms with Gasteiger partial charge in [0.2, 0.25) is 0 Å². The summed E-state index contributed by atoms with van der Waals surface area (Å²) >= 11 is 0. The van der Waals surface area contributed by atoms with E-state index in [-0.39, 0.29) is 0 Å². The Kier molecular flexibility index (Phi) is 7.29. The molecule has 144 valence electrons. The van der Waals surface area contributed by atoms with Crippen molar-refractivity contribution < 1.29 is 4.74 Å². The highest BCUT2D eigenvalue weighted by Gasteiger charge is 2.16. The van der Waals surface area contributed by atoms with Crippen LogP contribution in [0.5, 0.6) is 5.75 Å². The van der Waals surface area contributed by atoms with E-state index in [2.05, 4.69) is 21.9 Å². The second kappa shape index (κ2) is 10.3. The van der Waals surface area contributed by atoms with Gasteiger partial charge in [0.15, 0.2) is 0 Å². The minimum Gasteiger partial charge on any atom is -0.494 e. The summed E-state index contributed by atoms with van der Waals surface area (Å²) in [6.45, 7) is 6.10. The molecular formula is C23H26N4O. The first kappa shape index (κ1) is 19.7. The number of piperazine rings is 1. The summed E-state index contributed by atoms with van der Waals surface area (Å²) in [5.41, 5.74) is 2.58. The maximum Gasteiger partial charge on any atom is 0.119 e. The standard InChI is InChI=1S/C23H26N4O/c24-18-20-4-8-22(9-5-20)27-15-13-26(14-16-27)12-2-1-3-17-28-23-10-6-21(19-25)7-11-23/h4-11H,1-3,12-17H2. The van der Waals surface area contributed by atoms with Crippen molar-refractivity contribution in [1.82, 2.24) is 4.90 Å². The lowest BCUT2D eigenvalue weighted by molar-refractivity contribution is 0.246. The van der Waals surface area contributed by atoms with Crippen molar-refractivity contribution in [1.29, 1.82) is 10.5 Å². The van der Waals surface area contributed by atoms with Crippen LogP contribution in [0.1, 0.15) is 30.4 Å². The molecule has 3 rings (SSSR count). The van der Waals surface area contributed by atoms with Crippen LogP contribution in [0.2, 0.25) is 0 Å². The maximum absolute atomic E-state index is 8.90. The molecule has 0 unspecified atom stereocenters. The minimum absolute atomic E-state index is 0.659. The zero-order valence-electron chi connectivity index (χ0n) is 16.2. The van der Waals surface area contributed by atoms with E-state index in [9.17, 15) is 0 Å². The average Bonchev–Trinajstić information content (AvgIpc) is 2.77. The number of rotatable bonds is 8. The van der Waals surface area contributed by atoms with Gasteiger partial charge in [-0.05, 0) is 74.3 Å². The van der Waals surface area contributed by atoms with Gasteiger partial charge in [0.1, 0.15) is 5.75 Å². The van der Waals surface area contributed by atoms with Crippen LogP contribution >= 0.6 is 0 Å². The largest absolute Gasteiger partial charge is 0.494 e. The number of benzene rings is 2. The number of hydrogen-bond donors (Lipinski definition) is 0. The molecule has 28 heavy (non-hydrogen) atoms. The molecule has 1 saturated heterocycles. The van der Waals surface area contributed by atoms with Gasteiger partial charge in [-0.2, -0.15) is 10.5 Å². The molecule has 0 amide bonds. The number of anilines is 1. The average molecular weight is 374 g/mol. The Morgan fingerprint density at radius 1 is 0.750 bits per heavy atom. The molecule has 1 aliphatic heterocycles. The SMILES string of the molecule is N#Cc1ccc(OCCCCCN2CCN(c3ccc(C#N)cc3)CC2)cc1. The maximum atomic E-state index is 8.90. The molecule has 0 atom stereocenters.